The van der Waals surface area contributed by atoms with Crippen LogP contribution in [0.3, 0.4) is 0 Å². The van der Waals surface area contributed by atoms with Gasteiger partial charge in [-0.25, -0.2) is 4.98 Å². The standard InChI is InChI=1S/C10H10BrN5O/c11-8-1-2-9(13-5-8)16-6-7(3-10(16)17)4-14-15-12/h1-2,5,7H,3-4,6H2. The Morgan fingerprint density at radius 3 is 3.12 bits per heavy atom. The molecular weight excluding hydrogens is 286 g/mol. The summed E-state index contributed by atoms with van der Waals surface area (Å²) in [6.07, 6.45) is 2.07. The highest BCUT2D eigenvalue weighted by Crippen LogP contribution is 2.24. The van der Waals surface area contributed by atoms with Gasteiger partial charge in [-0.2, -0.15) is 0 Å². The maximum absolute atomic E-state index is 11.8. The van der Waals surface area contributed by atoms with Gasteiger partial charge in [0.15, 0.2) is 0 Å². The number of azide groups is 1. The van der Waals surface area contributed by atoms with Crippen molar-refractivity contribution in [1.82, 2.24) is 4.98 Å². The largest absolute Gasteiger partial charge is 0.297 e. The summed E-state index contributed by atoms with van der Waals surface area (Å²) in [4.78, 5) is 20.3. The Bertz CT molecular complexity index is 468. The number of pyridine rings is 1. The minimum atomic E-state index is 0.0259. The smallest absolute Gasteiger partial charge is 0.228 e. The Balaban J connectivity index is 2.10. The monoisotopic (exact) mass is 295 g/mol. The van der Waals surface area contributed by atoms with Gasteiger partial charge in [-0.05, 0) is 39.5 Å². The van der Waals surface area contributed by atoms with Crippen LogP contribution in [0.4, 0.5) is 5.82 Å². The van der Waals surface area contributed by atoms with E-state index < -0.39 is 0 Å². The summed E-state index contributed by atoms with van der Waals surface area (Å²) in [5.41, 5.74) is 8.25. The van der Waals surface area contributed by atoms with Crippen molar-refractivity contribution in [3.63, 3.8) is 0 Å². The zero-order valence-electron chi connectivity index (χ0n) is 8.95. The second-order valence-electron chi connectivity index (χ2n) is 3.82. The van der Waals surface area contributed by atoms with E-state index in [1.54, 1.807) is 17.2 Å². The van der Waals surface area contributed by atoms with Crippen molar-refractivity contribution in [2.75, 3.05) is 18.0 Å². The molecule has 17 heavy (non-hydrogen) atoms. The van der Waals surface area contributed by atoms with Gasteiger partial charge in [0.2, 0.25) is 5.91 Å². The minimum absolute atomic E-state index is 0.0259. The van der Waals surface area contributed by atoms with Crippen LogP contribution in [0.5, 0.6) is 0 Å². The second-order valence-corrected chi connectivity index (χ2v) is 4.74. The van der Waals surface area contributed by atoms with Gasteiger partial charge in [-0.1, -0.05) is 5.11 Å². The van der Waals surface area contributed by atoms with Gasteiger partial charge < -0.3 is 0 Å². The van der Waals surface area contributed by atoms with E-state index in [1.807, 2.05) is 6.07 Å². The highest BCUT2D eigenvalue weighted by atomic mass is 79.9. The molecule has 0 radical (unpaired) electrons. The molecule has 0 aliphatic carbocycles. The number of nitrogens with zero attached hydrogens (tertiary/aromatic N) is 5. The summed E-state index contributed by atoms with van der Waals surface area (Å²) >= 11 is 3.29. The van der Waals surface area contributed by atoms with Crippen molar-refractivity contribution in [2.45, 2.75) is 6.42 Å². The molecule has 7 heteroatoms. The quantitative estimate of drug-likeness (QED) is 0.488. The average molecular weight is 296 g/mol. The van der Waals surface area contributed by atoms with E-state index in [9.17, 15) is 4.79 Å². The number of halogens is 1. The van der Waals surface area contributed by atoms with Gasteiger partial charge in [0.1, 0.15) is 5.82 Å². The zero-order valence-corrected chi connectivity index (χ0v) is 10.5. The SMILES string of the molecule is [N-]=[N+]=NCC1CC(=O)N(c2ccc(Br)cn2)C1. The van der Waals surface area contributed by atoms with E-state index in [0.29, 0.717) is 25.3 Å². The van der Waals surface area contributed by atoms with Crippen LogP contribution in [0.15, 0.2) is 27.9 Å². The molecule has 0 aromatic carbocycles. The Morgan fingerprint density at radius 2 is 2.47 bits per heavy atom. The van der Waals surface area contributed by atoms with E-state index in [-0.39, 0.29) is 11.8 Å². The summed E-state index contributed by atoms with van der Waals surface area (Å²) in [6.45, 7) is 0.918. The average Bonchev–Trinajstić information content (AvgIpc) is 2.69. The van der Waals surface area contributed by atoms with Gasteiger partial charge in [-0.15, -0.1) is 0 Å². The number of aromatic nitrogens is 1. The fraction of sp³-hybridized carbons (Fsp3) is 0.400. The maximum Gasteiger partial charge on any atom is 0.228 e. The maximum atomic E-state index is 11.8. The molecule has 0 bridgehead atoms. The second kappa shape index (κ2) is 5.16. The first-order valence-corrected chi connectivity index (χ1v) is 5.93. The molecular formula is C10H10BrN5O. The van der Waals surface area contributed by atoms with Gasteiger partial charge in [0.25, 0.3) is 0 Å². The third-order valence-corrected chi connectivity index (χ3v) is 3.07. The van der Waals surface area contributed by atoms with Crippen LogP contribution in [0.1, 0.15) is 6.42 Å². The van der Waals surface area contributed by atoms with Gasteiger partial charge in [0.05, 0.1) is 0 Å². The molecule has 1 aromatic heterocycles. The molecule has 1 aromatic rings. The molecule has 2 rings (SSSR count). The van der Waals surface area contributed by atoms with Crippen LogP contribution < -0.4 is 4.90 Å². The van der Waals surface area contributed by atoms with Gasteiger partial charge >= 0.3 is 0 Å². The molecule has 1 atom stereocenters. The molecule has 1 aliphatic rings. The summed E-state index contributed by atoms with van der Waals surface area (Å²) in [5.74, 6) is 0.753. The number of hydrogen-bond donors (Lipinski definition) is 0. The van der Waals surface area contributed by atoms with Gasteiger partial charge in [0, 0.05) is 35.1 Å². The lowest BCUT2D eigenvalue weighted by Crippen LogP contribution is -2.25. The van der Waals surface area contributed by atoms with Crippen molar-refractivity contribution in [3.8, 4) is 0 Å². The number of carbonyl (C=O) groups is 1. The first-order valence-electron chi connectivity index (χ1n) is 5.13. The number of amides is 1. The highest BCUT2D eigenvalue weighted by molar-refractivity contribution is 9.10. The molecule has 0 spiro atoms. The van der Waals surface area contributed by atoms with Crippen LogP contribution in [-0.2, 0) is 4.79 Å². The lowest BCUT2D eigenvalue weighted by Gasteiger charge is -2.14. The summed E-state index contributed by atoms with van der Waals surface area (Å²) < 4.78 is 0.874. The third kappa shape index (κ3) is 2.75. The predicted octanol–water partition coefficient (Wildman–Crippen LogP) is 2.51. The van der Waals surface area contributed by atoms with Crippen LogP contribution in [-0.4, -0.2) is 24.0 Å². The van der Waals surface area contributed by atoms with Crippen molar-refractivity contribution in [3.05, 3.63) is 33.2 Å². The Kier molecular flexibility index (Phi) is 3.61. The lowest BCUT2D eigenvalue weighted by atomic mass is 10.1. The Hall–Kier alpha value is -1.59. The molecule has 2 heterocycles. The zero-order chi connectivity index (χ0) is 12.3. The summed E-state index contributed by atoms with van der Waals surface area (Å²) in [5, 5.41) is 3.50. The molecule has 1 saturated heterocycles. The number of anilines is 1. The third-order valence-electron chi connectivity index (χ3n) is 2.60. The van der Waals surface area contributed by atoms with E-state index in [4.69, 9.17) is 5.53 Å². The molecule has 1 unspecified atom stereocenters. The summed E-state index contributed by atoms with van der Waals surface area (Å²) in [6, 6.07) is 3.63. The Morgan fingerprint density at radius 1 is 1.65 bits per heavy atom. The lowest BCUT2D eigenvalue weighted by molar-refractivity contribution is -0.117. The van der Waals surface area contributed by atoms with E-state index in [1.165, 1.54) is 0 Å². The van der Waals surface area contributed by atoms with Crippen LogP contribution >= 0.6 is 15.9 Å². The molecule has 0 N–H and O–H groups in total. The first kappa shape index (κ1) is 11.9. The van der Waals surface area contributed by atoms with Crippen LogP contribution in [0.2, 0.25) is 0 Å². The fourth-order valence-electron chi connectivity index (χ4n) is 1.80. The van der Waals surface area contributed by atoms with Crippen molar-refractivity contribution < 1.29 is 4.79 Å². The normalized spacial score (nSPS) is 19.2. The van der Waals surface area contributed by atoms with E-state index >= 15 is 0 Å². The predicted molar refractivity (Wildman–Crippen MR) is 66.4 cm³/mol. The van der Waals surface area contributed by atoms with Crippen molar-refractivity contribution >= 4 is 27.7 Å². The molecule has 88 valence electrons. The van der Waals surface area contributed by atoms with Crippen LogP contribution in [0, 0.1) is 5.92 Å². The Labute approximate surface area is 106 Å². The number of carbonyl (C=O) groups excluding carboxylic acids is 1. The molecule has 1 amide bonds. The van der Waals surface area contributed by atoms with Crippen LogP contribution in [0.25, 0.3) is 10.4 Å². The van der Waals surface area contributed by atoms with Crippen molar-refractivity contribution in [2.24, 2.45) is 11.0 Å². The first-order chi connectivity index (χ1) is 8.20. The molecule has 6 nitrogen and oxygen atoms in total. The fourth-order valence-corrected chi connectivity index (χ4v) is 2.04. The topological polar surface area (TPSA) is 82.0 Å². The molecule has 1 fully saturated rings. The van der Waals surface area contributed by atoms with E-state index in [2.05, 4.69) is 30.9 Å². The highest BCUT2D eigenvalue weighted by Gasteiger charge is 2.30. The number of rotatable bonds is 3. The van der Waals surface area contributed by atoms with Crippen molar-refractivity contribution in [1.29, 1.82) is 0 Å². The number of hydrogen-bond acceptors (Lipinski definition) is 3. The van der Waals surface area contributed by atoms with Gasteiger partial charge in [-0.3, -0.25) is 9.69 Å². The van der Waals surface area contributed by atoms with E-state index in [0.717, 1.165) is 4.47 Å². The summed E-state index contributed by atoms with van der Waals surface area (Å²) in [7, 11) is 0. The minimum Gasteiger partial charge on any atom is -0.297 e. The molecule has 0 saturated carbocycles. The molecule has 1 aliphatic heterocycles.